The van der Waals surface area contributed by atoms with Gasteiger partial charge in [0.1, 0.15) is 12.4 Å². The van der Waals surface area contributed by atoms with Crippen LogP contribution in [0, 0.1) is 17.8 Å². The third-order valence-electron chi connectivity index (χ3n) is 6.28. The summed E-state index contributed by atoms with van der Waals surface area (Å²) in [6.07, 6.45) is 19.8. The van der Waals surface area contributed by atoms with E-state index in [2.05, 4.69) is 55.6 Å². The van der Waals surface area contributed by atoms with Crippen LogP contribution in [-0.4, -0.2) is 17.3 Å². The predicted molar refractivity (Wildman–Crippen MR) is 115 cm³/mol. The topological polar surface area (TPSA) is 27.3 Å². The molecule has 29 heavy (non-hydrogen) atoms. The molecule has 1 aromatic heterocycles. The van der Waals surface area contributed by atoms with Crippen molar-refractivity contribution in [1.82, 2.24) is 4.57 Å². The van der Waals surface area contributed by atoms with E-state index >= 15 is 0 Å². The molecule has 0 spiro atoms. The lowest BCUT2D eigenvalue weighted by atomic mass is 9.75. The number of halogens is 1. The van der Waals surface area contributed by atoms with E-state index in [4.69, 9.17) is 9.47 Å². The van der Waals surface area contributed by atoms with Crippen LogP contribution in [0.25, 0.3) is 0 Å². The summed E-state index contributed by atoms with van der Waals surface area (Å²) < 4.78 is 16.4. The van der Waals surface area contributed by atoms with Crippen molar-refractivity contribution >= 4 is 0 Å². The SMILES string of the molecule is CCCCCCCCCOC[n+]1ccn(COC2CC(C)CCC2C(C)C)c1.[Cl-]. The Balaban J connectivity index is 0.00000420. The van der Waals surface area contributed by atoms with Gasteiger partial charge in [-0.05, 0) is 37.0 Å². The van der Waals surface area contributed by atoms with E-state index in [1.165, 1.54) is 64.2 Å². The maximum atomic E-state index is 6.33. The van der Waals surface area contributed by atoms with Crippen molar-refractivity contribution in [2.75, 3.05) is 6.61 Å². The second kappa shape index (κ2) is 15.3. The van der Waals surface area contributed by atoms with E-state index in [1.54, 1.807) is 0 Å². The van der Waals surface area contributed by atoms with Crippen LogP contribution in [0.5, 0.6) is 0 Å². The number of aromatic nitrogens is 2. The Morgan fingerprint density at radius 1 is 1.07 bits per heavy atom. The summed E-state index contributed by atoms with van der Waals surface area (Å²) in [5.41, 5.74) is 0. The number of rotatable bonds is 14. The van der Waals surface area contributed by atoms with E-state index in [0.717, 1.165) is 12.5 Å². The Labute approximate surface area is 185 Å². The summed E-state index contributed by atoms with van der Waals surface area (Å²) in [5.74, 6) is 2.19. The van der Waals surface area contributed by atoms with Crippen LogP contribution in [0.15, 0.2) is 18.7 Å². The number of hydrogen-bond donors (Lipinski definition) is 0. The van der Waals surface area contributed by atoms with Gasteiger partial charge in [-0.25, -0.2) is 9.13 Å². The van der Waals surface area contributed by atoms with Crippen molar-refractivity contribution in [3.05, 3.63) is 18.7 Å². The molecule has 1 aliphatic carbocycles. The van der Waals surface area contributed by atoms with E-state index in [-0.39, 0.29) is 12.4 Å². The molecule has 1 saturated carbocycles. The summed E-state index contributed by atoms with van der Waals surface area (Å²) in [7, 11) is 0. The summed E-state index contributed by atoms with van der Waals surface area (Å²) in [4.78, 5) is 0. The van der Waals surface area contributed by atoms with Gasteiger partial charge in [-0.1, -0.05) is 72.6 Å². The molecule has 0 aliphatic heterocycles. The molecule has 0 bridgehead atoms. The average molecular weight is 429 g/mol. The number of unbranched alkanes of at least 4 members (excludes halogenated alkanes) is 6. The van der Waals surface area contributed by atoms with Crippen LogP contribution in [0.2, 0.25) is 0 Å². The van der Waals surface area contributed by atoms with Gasteiger partial charge in [0.25, 0.3) is 0 Å². The molecule has 0 radical (unpaired) electrons. The maximum Gasteiger partial charge on any atom is 0.247 e. The van der Waals surface area contributed by atoms with Crippen molar-refractivity contribution in [3.8, 4) is 0 Å². The second-order valence-corrected chi connectivity index (χ2v) is 9.26. The van der Waals surface area contributed by atoms with Gasteiger partial charge < -0.3 is 21.9 Å². The van der Waals surface area contributed by atoms with Gasteiger partial charge in [0, 0.05) is 0 Å². The van der Waals surface area contributed by atoms with E-state index in [9.17, 15) is 0 Å². The molecule has 1 aromatic rings. The van der Waals surface area contributed by atoms with Crippen LogP contribution >= 0.6 is 0 Å². The summed E-state index contributed by atoms with van der Waals surface area (Å²) >= 11 is 0. The minimum Gasteiger partial charge on any atom is -1.00 e. The largest absolute Gasteiger partial charge is 1.00 e. The Bertz CT molecular complexity index is 521. The normalized spacial score (nSPS) is 22.0. The fourth-order valence-corrected chi connectivity index (χ4v) is 4.41. The zero-order chi connectivity index (χ0) is 20.2. The third-order valence-corrected chi connectivity index (χ3v) is 6.28. The van der Waals surface area contributed by atoms with Crippen LogP contribution in [0.4, 0.5) is 0 Å². The van der Waals surface area contributed by atoms with E-state index in [1.807, 2.05) is 0 Å². The lowest BCUT2D eigenvalue weighted by Crippen LogP contribution is -3.00. The van der Waals surface area contributed by atoms with Crippen LogP contribution in [0.1, 0.15) is 91.9 Å². The summed E-state index contributed by atoms with van der Waals surface area (Å²) in [5, 5.41) is 0. The van der Waals surface area contributed by atoms with Gasteiger partial charge in [-0.15, -0.1) is 0 Å². The third kappa shape index (κ3) is 10.3. The highest BCUT2D eigenvalue weighted by Gasteiger charge is 2.31. The highest BCUT2D eigenvalue weighted by atomic mass is 35.5. The Hall–Kier alpha value is -0.580. The molecule has 1 heterocycles. The van der Waals surface area contributed by atoms with Gasteiger partial charge in [0.15, 0.2) is 13.5 Å². The Morgan fingerprint density at radius 2 is 1.79 bits per heavy atom. The lowest BCUT2D eigenvalue weighted by molar-refractivity contribution is -0.732. The van der Waals surface area contributed by atoms with E-state index < -0.39 is 0 Å². The van der Waals surface area contributed by atoms with Crippen molar-refractivity contribution in [1.29, 1.82) is 0 Å². The first-order valence-corrected chi connectivity index (χ1v) is 11.8. The standard InChI is InChI=1S/C24H45N2O2.ClH/c1-5-6-7-8-9-10-11-16-27-19-25-14-15-26(18-25)20-28-24-17-22(4)12-13-23(24)21(2)3;/h14-15,18,21-24H,5-13,16-17,19-20H2,1-4H3;1H/q+1;/p-1. The molecule has 0 saturated heterocycles. The molecule has 3 unspecified atom stereocenters. The van der Waals surface area contributed by atoms with Crippen LogP contribution < -0.4 is 17.0 Å². The van der Waals surface area contributed by atoms with Gasteiger partial charge in [-0.3, -0.25) is 0 Å². The minimum absolute atomic E-state index is 0. The Kier molecular flexibility index (Phi) is 13.9. The molecule has 0 amide bonds. The molecule has 170 valence electrons. The fourth-order valence-electron chi connectivity index (χ4n) is 4.41. The number of ether oxygens (including phenoxy) is 2. The predicted octanol–water partition coefficient (Wildman–Crippen LogP) is 2.94. The van der Waals surface area contributed by atoms with Crippen molar-refractivity contribution in [2.24, 2.45) is 17.8 Å². The first kappa shape index (κ1) is 26.5. The van der Waals surface area contributed by atoms with Gasteiger partial charge in [0.05, 0.1) is 12.7 Å². The fraction of sp³-hybridized carbons (Fsp3) is 0.875. The van der Waals surface area contributed by atoms with Crippen LogP contribution in [0.3, 0.4) is 0 Å². The quantitative estimate of drug-likeness (QED) is 0.336. The highest BCUT2D eigenvalue weighted by molar-refractivity contribution is 4.81. The zero-order valence-corrected chi connectivity index (χ0v) is 20.1. The van der Waals surface area contributed by atoms with Crippen molar-refractivity contribution < 1.29 is 26.4 Å². The maximum absolute atomic E-state index is 6.33. The molecule has 3 atom stereocenters. The minimum atomic E-state index is 0. The Morgan fingerprint density at radius 3 is 2.52 bits per heavy atom. The molecular weight excluding hydrogens is 384 g/mol. The molecule has 1 aliphatic rings. The highest BCUT2D eigenvalue weighted by Crippen LogP contribution is 2.35. The van der Waals surface area contributed by atoms with Gasteiger partial charge >= 0.3 is 0 Å². The lowest BCUT2D eigenvalue weighted by Gasteiger charge is -2.36. The monoisotopic (exact) mass is 428 g/mol. The summed E-state index contributed by atoms with van der Waals surface area (Å²) in [6, 6.07) is 0. The smallest absolute Gasteiger partial charge is 0.247 e. The van der Waals surface area contributed by atoms with Crippen molar-refractivity contribution in [3.63, 3.8) is 0 Å². The molecule has 4 nitrogen and oxygen atoms in total. The van der Waals surface area contributed by atoms with Crippen LogP contribution in [-0.2, 0) is 22.9 Å². The zero-order valence-electron chi connectivity index (χ0n) is 19.3. The molecule has 5 heteroatoms. The molecule has 1 fully saturated rings. The van der Waals surface area contributed by atoms with E-state index in [0.29, 0.717) is 31.4 Å². The molecule has 0 N–H and O–H groups in total. The number of imidazole rings is 1. The average Bonchev–Trinajstić information content (AvgIpc) is 3.12. The van der Waals surface area contributed by atoms with Gasteiger partial charge in [-0.2, -0.15) is 0 Å². The summed E-state index contributed by atoms with van der Waals surface area (Å²) in [6.45, 7) is 11.4. The molecular formula is C24H45ClN2O2. The molecule has 0 aromatic carbocycles. The first-order chi connectivity index (χ1) is 13.6. The number of nitrogens with zero attached hydrogens (tertiary/aromatic N) is 2. The number of hydrogen-bond acceptors (Lipinski definition) is 2. The molecule has 2 rings (SSSR count). The van der Waals surface area contributed by atoms with Crippen molar-refractivity contribution in [2.45, 2.75) is 111 Å². The second-order valence-electron chi connectivity index (χ2n) is 9.26. The first-order valence-electron chi connectivity index (χ1n) is 11.8. The van der Waals surface area contributed by atoms with Gasteiger partial charge in [0.2, 0.25) is 6.33 Å².